The number of benzene rings is 3. The van der Waals surface area contributed by atoms with Crippen molar-refractivity contribution in [1.82, 2.24) is 0 Å². The van der Waals surface area contributed by atoms with Crippen LogP contribution in [0.1, 0.15) is 29.2 Å². The highest BCUT2D eigenvalue weighted by Gasteiger charge is 2.12. The Bertz CT molecular complexity index is 1210. The molecule has 0 aromatic heterocycles. The number of aryl methyl sites for hydroxylation is 2. The van der Waals surface area contributed by atoms with Crippen molar-refractivity contribution >= 4 is 33.6 Å². The van der Waals surface area contributed by atoms with Gasteiger partial charge in [0.05, 0.1) is 6.61 Å². The van der Waals surface area contributed by atoms with Crippen LogP contribution in [0.15, 0.2) is 70.7 Å². The minimum Gasteiger partial charge on any atom is -0.490 e. The van der Waals surface area contributed by atoms with E-state index in [0.717, 1.165) is 21.2 Å². The van der Waals surface area contributed by atoms with E-state index in [9.17, 15) is 10.1 Å². The summed E-state index contributed by atoms with van der Waals surface area (Å²) in [5, 5.41) is 12.3. The molecule has 1 amide bonds. The molecule has 0 atom stereocenters. The normalized spacial score (nSPS) is 10.9. The van der Waals surface area contributed by atoms with E-state index >= 15 is 0 Å². The smallest absolute Gasteiger partial charge is 0.266 e. The summed E-state index contributed by atoms with van der Waals surface area (Å²) in [6.45, 7) is 6.72. The first-order chi connectivity index (χ1) is 15.9. The second kappa shape index (κ2) is 11.3. The van der Waals surface area contributed by atoms with E-state index in [0.29, 0.717) is 36.0 Å². The summed E-state index contributed by atoms with van der Waals surface area (Å²) in [6, 6.07) is 20.8. The number of rotatable bonds is 8. The molecule has 0 heterocycles. The van der Waals surface area contributed by atoms with Gasteiger partial charge < -0.3 is 14.8 Å². The van der Waals surface area contributed by atoms with Gasteiger partial charge in [-0.05, 0) is 85.5 Å². The molecule has 0 fully saturated rings. The van der Waals surface area contributed by atoms with Gasteiger partial charge in [-0.1, -0.05) is 40.2 Å². The highest BCUT2D eigenvalue weighted by Crippen LogP contribution is 2.30. The van der Waals surface area contributed by atoms with Crippen LogP contribution in [0, 0.1) is 25.2 Å². The Morgan fingerprint density at radius 2 is 1.76 bits per heavy atom. The number of carbonyl (C=O) groups is 1. The second-order valence-corrected chi connectivity index (χ2v) is 8.39. The molecular weight excluding hydrogens is 480 g/mol. The zero-order chi connectivity index (χ0) is 23.8. The van der Waals surface area contributed by atoms with E-state index in [1.165, 1.54) is 6.08 Å². The second-order valence-electron chi connectivity index (χ2n) is 7.48. The fraction of sp³-hybridized carbons (Fsp3) is 0.185. The van der Waals surface area contributed by atoms with Crippen LogP contribution in [0.4, 0.5) is 5.69 Å². The van der Waals surface area contributed by atoms with Crippen molar-refractivity contribution in [3.8, 4) is 17.6 Å². The molecule has 0 bridgehead atoms. The average Bonchev–Trinajstić information content (AvgIpc) is 2.80. The van der Waals surface area contributed by atoms with Crippen LogP contribution in [-0.4, -0.2) is 12.5 Å². The van der Waals surface area contributed by atoms with Gasteiger partial charge in [0.25, 0.3) is 5.91 Å². The number of halogens is 1. The molecule has 33 heavy (non-hydrogen) atoms. The summed E-state index contributed by atoms with van der Waals surface area (Å²) in [7, 11) is 0. The summed E-state index contributed by atoms with van der Waals surface area (Å²) in [6.07, 6.45) is 1.54. The zero-order valence-electron chi connectivity index (χ0n) is 18.8. The van der Waals surface area contributed by atoms with E-state index < -0.39 is 5.91 Å². The number of carbonyl (C=O) groups excluding carboxylic acids is 1. The predicted molar refractivity (Wildman–Crippen MR) is 134 cm³/mol. The van der Waals surface area contributed by atoms with Gasteiger partial charge in [-0.2, -0.15) is 5.26 Å². The Labute approximate surface area is 202 Å². The van der Waals surface area contributed by atoms with Gasteiger partial charge >= 0.3 is 0 Å². The lowest BCUT2D eigenvalue weighted by molar-refractivity contribution is -0.112. The molecule has 0 saturated carbocycles. The van der Waals surface area contributed by atoms with Crippen LogP contribution in [0.5, 0.6) is 11.5 Å². The lowest BCUT2D eigenvalue weighted by atomic mass is 10.1. The van der Waals surface area contributed by atoms with Crippen LogP contribution in [-0.2, 0) is 11.4 Å². The maximum atomic E-state index is 12.6. The van der Waals surface area contributed by atoms with E-state index in [1.54, 1.807) is 18.2 Å². The van der Waals surface area contributed by atoms with Crippen LogP contribution < -0.4 is 14.8 Å². The molecule has 3 aromatic carbocycles. The first kappa shape index (κ1) is 24.1. The minimum absolute atomic E-state index is 0.000734. The molecule has 0 radical (unpaired) electrons. The Morgan fingerprint density at radius 1 is 1.00 bits per heavy atom. The van der Waals surface area contributed by atoms with Crippen molar-refractivity contribution in [1.29, 1.82) is 5.26 Å². The highest BCUT2D eigenvalue weighted by molar-refractivity contribution is 9.10. The molecule has 6 heteroatoms. The standard InChI is InChI=1S/C27H25BrN2O3/c1-4-32-26-15-21(8-12-25(26)33-17-20-6-9-23(28)10-7-20)14-22(16-29)27(31)30-24-11-5-18(2)19(3)13-24/h5-15H,4,17H2,1-3H3,(H,30,31)/b22-14+. The minimum atomic E-state index is -0.464. The molecule has 168 valence electrons. The SMILES string of the molecule is CCOc1cc(/C=C(\C#N)C(=O)Nc2ccc(C)c(C)c2)ccc1OCc1ccc(Br)cc1. The third-order valence-corrected chi connectivity index (χ3v) is 5.54. The molecule has 0 saturated heterocycles. The lowest BCUT2D eigenvalue weighted by Crippen LogP contribution is -2.13. The predicted octanol–water partition coefficient (Wildman–Crippen LogP) is 6.59. The Hall–Kier alpha value is -3.56. The first-order valence-electron chi connectivity index (χ1n) is 10.5. The summed E-state index contributed by atoms with van der Waals surface area (Å²) in [5.41, 5.74) is 4.54. The van der Waals surface area contributed by atoms with Crippen LogP contribution in [0.3, 0.4) is 0 Å². The van der Waals surface area contributed by atoms with Gasteiger partial charge in [-0.25, -0.2) is 0 Å². The first-order valence-corrected chi connectivity index (χ1v) is 11.3. The summed E-state index contributed by atoms with van der Waals surface area (Å²) < 4.78 is 12.7. The summed E-state index contributed by atoms with van der Waals surface area (Å²) in [4.78, 5) is 12.6. The van der Waals surface area contributed by atoms with Gasteiger partial charge in [-0.15, -0.1) is 0 Å². The number of anilines is 1. The Balaban J connectivity index is 1.77. The maximum Gasteiger partial charge on any atom is 0.266 e. The molecule has 3 rings (SSSR count). The van der Waals surface area contributed by atoms with Crippen LogP contribution in [0.25, 0.3) is 6.08 Å². The highest BCUT2D eigenvalue weighted by atomic mass is 79.9. The van der Waals surface area contributed by atoms with Crippen molar-refractivity contribution in [3.05, 3.63) is 93.0 Å². The molecule has 0 unspecified atom stereocenters. The van der Waals surface area contributed by atoms with Gasteiger partial charge in [0, 0.05) is 10.2 Å². The van der Waals surface area contributed by atoms with Crippen molar-refractivity contribution in [2.45, 2.75) is 27.4 Å². The van der Waals surface area contributed by atoms with Gasteiger partial charge in [-0.3, -0.25) is 4.79 Å². The summed E-state index contributed by atoms with van der Waals surface area (Å²) >= 11 is 3.42. The van der Waals surface area contributed by atoms with Crippen LogP contribution >= 0.6 is 15.9 Å². The molecular formula is C27H25BrN2O3. The van der Waals surface area contributed by atoms with E-state index in [-0.39, 0.29) is 5.57 Å². The van der Waals surface area contributed by atoms with E-state index in [1.807, 2.05) is 69.3 Å². The topological polar surface area (TPSA) is 71.3 Å². The molecule has 5 nitrogen and oxygen atoms in total. The molecule has 0 aliphatic carbocycles. The number of nitriles is 1. The Kier molecular flexibility index (Phi) is 8.28. The van der Waals surface area contributed by atoms with E-state index in [4.69, 9.17) is 9.47 Å². The number of nitrogens with one attached hydrogen (secondary N) is 1. The largest absolute Gasteiger partial charge is 0.490 e. The van der Waals surface area contributed by atoms with E-state index in [2.05, 4.69) is 21.2 Å². The fourth-order valence-corrected chi connectivity index (χ4v) is 3.34. The number of amides is 1. The molecule has 0 spiro atoms. The van der Waals surface area contributed by atoms with Crippen molar-refractivity contribution < 1.29 is 14.3 Å². The Morgan fingerprint density at radius 3 is 2.42 bits per heavy atom. The lowest BCUT2D eigenvalue weighted by Gasteiger charge is -2.13. The van der Waals surface area contributed by atoms with Gasteiger partial charge in [0.1, 0.15) is 18.2 Å². The van der Waals surface area contributed by atoms with Crippen molar-refractivity contribution in [2.24, 2.45) is 0 Å². The third kappa shape index (κ3) is 6.71. The molecule has 0 aliphatic rings. The van der Waals surface area contributed by atoms with Crippen molar-refractivity contribution in [2.75, 3.05) is 11.9 Å². The van der Waals surface area contributed by atoms with Gasteiger partial charge in [0.2, 0.25) is 0 Å². The quantitative estimate of drug-likeness (QED) is 0.277. The monoisotopic (exact) mass is 504 g/mol. The number of hydrogen-bond acceptors (Lipinski definition) is 4. The maximum absolute atomic E-state index is 12.6. The van der Waals surface area contributed by atoms with Crippen molar-refractivity contribution in [3.63, 3.8) is 0 Å². The third-order valence-electron chi connectivity index (χ3n) is 5.02. The fourth-order valence-electron chi connectivity index (χ4n) is 3.08. The summed E-state index contributed by atoms with van der Waals surface area (Å²) in [5.74, 6) is 0.680. The molecule has 0 aliphatic heterocycles. The molecule has 1 N–H and O–H groups in total. The number of hydrogen-bond donors (Lipinski definition) is 1. The van der Waals surface area contributed by atoms with Gasteiger partial charge in [0.15, 0.2) is 11.5 Å². The number of nitrogens with zero attached hydrogens (tertiary/aromatic N) is 1. The van der Waals surface area contributed by atoms with Crippen LogP contribution in [0.2, 0.25) is 0 Å². The molecule has 3 aromatic rings. The average molecular weight is 505 g/mol. The zero-order valence-corrected chi connectivity index (χ0v) is 20.4. The number of ether oxygens (including phenoxy) is 2.